The van der Waals surface area contributed by atoms with Crippen molar-refractivity contribution in [1.82, 2.24) is 9.96 Å². The molecule has 1 aliphatic rings. The third-order valence-electron chi connectivity index (χ3n) is 5.37. The first-order valence-corrected chi connectivity index (χ1v) is 9.55. The van der Waals surface area contributed by atoms with Crippen LogP contribution in [0.4, 0.5) is 4.79 Å². The van der Waals surface area contributed by atoms with Crippen LogP contribution < -0.4 is 4.74 Å². The Kier molecular flexibility index (Phi) is 7.65. The van der Waals surface area contributed by atoms with E-state index in [-0.39, 0.29) is 12.5 Å². The average molecular weight is 394 g/mol. The molecule has 1 heterocycles. The van der Waals surface area contributed by atoms with Crippen molar-refractivity contribution in [2.75, 3.05) is 27.3 Å². The summed E-state index contributed by atoms with van der Waals surface area (Å²) in [5.74, 6) is 0.483. The maximum absolute atomic E-state index is 13.2. The van der Waals surface area contributed by atoms with E-state index >= 15 is 0 Å². The number of aliphatic hydroxyl groups excluding tert-OH is 1. The number of aliphatic hydroxyl groups is 1. The van der Waals surface area contributed by atoms with Crippen LogP contribution in [-0.2, 0) is 4.84 Å². The molecule has 8 nitrogen and oxygen atoms in total. The van der Waals surface area contributed by atoms with Gasteiger partial charge in [0.25, 0.3) is 5.91 Å². The molecule has 2 N–H and O–H groups in total. The number of carboxylic acid groups (broad SMARTS) is 1. The maximum atomic E-state index is 13.2. The Balaban J connectivity index is 2.35. The van der Waals surface area contributed by atoms with E-state index < -0.39 is 24.1 Å². The number of carbonyl (C=O) groups excluding carboxylic acids is 1. The van der Waals surface area contributed by atoms with E-state index in [0.717, 1.165) is 17.0 Å². The zero-order valence-electron chi connectivity index (χ0n) is 16.9. The van der Waals surface area contributed by atoms with E-state index in [1.165, 1.54) is 12.0 Å². The van der Waals surface area contributed by atoms with Crippen molar-refractivity contribution in [2.45, 2.75) is 51.2 Å². The molecule has 1 fully saturated rings. The molecule has 0 aromatic heterocycles. The molecule has 0 saturated carbocycles. The van der Waals surface area contributed by atoms with Gasteiger partial charge in [-0.3, -0.25) is 9.63 Å². The smallest absolute Gasteiger partial charge is 0.407 e. The largest absolute Gasteiger partial charge is 0.496 e. The second-order valence-electron chi connectivity index (χ2n) is 7.09. The molecule has 1 saturated heterocycles. The van der Waals surface area contributed by atoms with Gasteiger partial charge in [0.2, 0.25) is 0 Å². The summed E-state index contributed by atoms with van der Waals surface area (Å²) in [5, 5.41) is 20.9. The third-order valence-corrected chi connectivity index (χ3v) is 5.37. The van der Waals surface area contributed by atoms with Gasteiger partial charge in [-0.15, -0.1) is 0 Å². The fourth-order valence-electron chi connectivity index (χ4n) is 3.50. The zero-order chi connectivity index (χ0) is 20.8. The number of rotatable bonds is 6. The Morgan fingerprint density at radius 2 is 2.07 bits per heavy atom. The molecule has 1 unspecified atom stereocenters. The number of nitrogens with zero attached hydrogens (tertiary/aromatic N) is 2. The van der Waals surface area contributed by atoms with Gasteiger partial charge in [0.05, 0.1) is 20.3 Å². The Labute approximate surface area is 165 Å². The highest BCUT2D eigenvalue weighted by molar-refractivity contribution is 5.94. The Morgan fingerprint density at radius 1 is 1.36 bits per heavy atom. The van der Waals surface area contributed by atoms with Crippen LogP contribution in [0.1, 0.15) is 54.9 Å². The highest BCUT2D eigenvalue weighted by atomic mass is 16.7. The van der Waals surface area contributed by atoms with Gasteiger partial charge in [-0.1, -0.05) is 13.8 Å². The van der Waals surface area contributed by atoms with E-state index in [2.05, 4.69) is 13.8 Å². The molecule has 0 aliphatic carbocycles. The minimum atomic E-state index is -1.08. The summed E-state index contributed by atoms with van der Waals surface area (Å²) in [5.41, 5.74) is 1.32. The number of methoxy groups -OCH3 is 1. The summed E-state index contributed by atoms with van der Waals surface area (Å²) in [6, 6.07) is 4.39. The second kappa shape index (κ2) is 9.75. The van der Waals surface area contributed by atoms with Crippen LogP contribution in [0, 0.1) is 0 Å². The Bertz CT molecular complexity index is 695. The standard InChI is InChI=1S/C20H30N2O6/c1-5-13(2)15-11-14(8-9-18(15)27-3)19(24)22(28-4)16-12-21(20(25)26)10-6-7-17(16)23/h8-9,11,13,16-17,23H,5-7,10,12H2,1-4H3,(H,25,26)/t13?,16-,17-/m1/s1. The van der Waals surface area contributed by atoms with E-state index in [1.54, 1.807) is 25.3 Å². The summed E-state index contributed by atoms with van der Waals surface area (Å²) in [4.78, 5) is 31.1. The predicted octanol–water partition coefficient (Wildman–Crippen LogP) is 2.72. The highest BCUT2D eigenvalue weighted by Gasteiger charge is 2.36. The lowest BCUT2D eigenvalue weighted by Crippen LogP contribution is -2.51. The monoisotopic (exact) mass is 394 g/mol. The molecule has 0 spiro atoms. The van der Waals surface area contributed by atoms with Gasteiger partial charge in [0.15, 0.2) is 0 Å². The first-order valence-electron chi connectivity index (χ1n) is 9.55. The lowest BCUT2D eigenvalue weighted by Gasteiger charge is -2.33. The SMILES string of the molecule is CCC(C)c1cc(C(=O)N(OC)[C@@H]2CN(C(=O)O)CCC[C@H]2O)ccc1OC. The van der Waals surface area contributed by atoms with Crippen molar-refractivity contribution in [3.05, 3.63) is 29.3 Å². The van der Waals surface area contributed by atoms with Crippen molar-refractivity contribution in [1.29, 1.82) is 0 Å². The lowest BCUT2D eigenvalue weighted by molar-refractivity contribution is -0.149. The number of carbonyl (C=O) groups is 2. The summed E-state index contributed by atoms with van der Waals surface area (Å²) in [6.07, 6.45) is -0.151. The number of hydrogen-bond acceptors (Lipinski definition) is 5. The fraction of sp³-hybridized carbons (Fsp3) is 0.600. The lowest BCUT2D eigenvalue weighted by atomic mass is 9.95. The van der Waals surface area contributed by atoms with Crippen molar-refractivity contribution >= 4 is 12.0 Å². The minimum absolute atomic E-state index is 0.00947. The average Bonchev–Trinajstić information content (AvgIpc) is 2.89. The molecule has 1 aromatic rings. The number of hydroxylamine groups is 2. The van der Waals surface area contributed by atoms with Gasteiger partial charge < -0.3 is 19.8 Å². The van der Waals surface area contributed by atoms with Gasteiger partial charge in [-0.25, -0.2) is 9.86 Å². The number of amides is 2. The van der Waals surface area contributed by atoms with E-state index in [9.17, 15) is 19.8 Å². The van der Waals surface area contributed by atoms with Crippen molar-refractivity contribution in [3.63, 3.8) is 0 Å². The molecule has 3 atom stereocenters. The summed E-state index contributed by atoms with van der Waals surface area (Å²) in [6.45, 7) is 4.42. The molecule has 0 radical (unpaired) electrons. The van der Waals surface area contributed by atoms with Gasteiger partial charge in [-0.05, 0) is 48.9 Å². The first-order chi connectivity index (χ1) is 13.3. The zero-order valence-corrected chi connectivity index (χ0v) is 16.9. The van der Waals surface area contributed by atoms with Gasteiger partial charge in [-0.2, -0.15) is 0 Å². The highest BCUT2D eigenvalue weighted by Crippen LogP contribution is 2.30. The quantitative estimate of drug-likeness (QED) is 0.720. The number of hydrogen-bond donors (Lipinski definition) is 2. The van der Waals surface area contributed by atoms with Crippen molar-refractivity contribution < 1.29 is 29.4 Å². The summed E-state index contributed by atoms with van der Waals surface area (Å²) in [7, 11) is 2.94. The summed E-state index contributed by atoms with van der Waals surface area (Å²) >= 11 is 0. The Morgan fingerprint density at radius 3 is 2.64 bits per heavy atom. The molecule has 1 aliphatic heterocycles. The fourth-order valence-corrected chi connectivity index (χ4v) is 3.50. The van der Waals surface area contributed by atoms with Crippen molar-refractivity contribution in [2.24, 2.45) is 0 Å². The van der Waals surface area contributed by atoms with Crippen LogP contribution in [0.3, 0.4) is 0 Å². The van der Waals surface area contributed by atoms with Crippen LogP contribution in [-0.4, -0.2) is 71.6 Å². The molecule has 0 bridgehead atoms. The minimum Gasteiger partial charge on any atom is -0.496 e. The Hall–Kier alpha value is -2.32. The second-order valence-corrected chi connectivity index (χ2v) is 7.09. The van der Waals surface area contributed by atoms with E-state index in [0.29, 0.717) is 30.7 Å². The summed E-state index contributed by atoms with van der Waals surface area (Å²) < 4.78 is 5.41. The first kappa shape index (κ1) is 22.0. The van der Waals surface area contributed by atoms with E-state index in [1.807, 2.05) is 0 Å². The van der Waals surface area contributed by atoms with Crippen LogP contribution in [0.2, 0.25) is 0 Å². The predicted molar refractivity (Wildman–Crippen MR) is 104 cm³/mol. The molecular formula is C20H30N2O6. The van der Waals surface area contributed by atoms with Crippen LogP contribution in [0.15, 0.2) is 18.2 Å². The molecule has 2 rings (SSSR count). The number of likely N-dealkylation sites (tertiary alicyclic amines) is 1. The molecule has 8 heteroatoms. The normalized spacial score (nSPS) is 21.0. The number of benzene rings is 1. The van der Waals surface area contributed by atoms with Crippen LogP contribution in [0.25, 0.3) is 0 Å². The van der Waals surface area contributed by atoms with Gasteiger partial charge >= 0.3 is 6.09 Å². The third kappa shape index (κ3) is 4.74. The van der Waals surface area contributed by atoms with Gasteiger partial charge in [0.1, 0.15) is 11.8 Å². The maximum Gasteiger partial charge on any atom is 0.407 e. The van der Waals surface area contributed by atoms with Gasteiger partial charge in [0, 0.05) is 18.7 Å². The van der Waals surface area contributed by atoms with E-state index in [4.69, 9.17) is 9.57 Å². The molecule has 28 heavy (non-hydrogen) atoms. The van der Waals surface area contributed by atoms with Crippen molar-refractivity contribution in [3.8, 4) is 5.75 Å². The topological polar surface area (TPSA) is 99.5 Å². The molecule has 156 valence electrons. The molecule has 1 aromatic carbocycles. The van der Waals surface area contributed by atoms with Crippen LogP contribution in [0.5, 0.6) is 5.75 Å². The molecular weight excluding hydrogens is 364 g/mol. The number of ether oxygens (including phenoxy) is 1. The molecule has 2 amide bonds. The van der Waals surface area contributed by atoms with Crippen LogP contribution >= 0.6 is 0 Å².